The second kappa shape index (κ2) is 4.90. The third-order valence-electron chi connectivity index (χ3n) is 4.09. The maximum Gasteiger partial charge on any atom is 0.135 e. The second-order valence-corrected chi connectivity index (χ2v) is 5.60. The lowest BCUT2D eigenvalue weighted by Crippen LogP contribution is -2.33. The molecule has 1 N–H and O–H groups in total. The molecule has 0 aromatic heterocycles. The number of nitrogens with one attached hydrogen (secondary N) is 1. The van der Waals surface area contributed by atoms with Gasteiger partial charge in [-0.2, -0.15) is 0 Å². The normalized spacial score (nSPS) is 31.1. The van der Waals surface area contributed by atoms with Gasteiger partial charge in [0.15, 0.2) is 0 Å². The molecule has 1 aliphatic heterocycles. The first-order valence-corrected chi connectivity index (χ1v) is 6.93. The Labute approximate surface area is 109 Å². The maximum absolute atomic E-state index is 6.13. The fraction of sp³-hybridized carbons (Fsp3) is 0.600. The first kappa shape index (κ1) is 12.0. The largest absolute Gasteiger partial charge is 0.378 e. The molecule has 1 heterocycles. The van der Waals surface area contributed by atoms with Gasteiger partial charge in [-0.25, -0.2) is 0 Å². The SMILES string of the molecule is CN(C)c1ccc(C2N[C@@H]3CCCC[C@H]3O2)cc1. The molecule has 1 aromatic rings. The summed E-state index contributed by atoms with van der Waals surface area (Å²) in [5.41, 5.74) is 2.48. The van der Waals surface area contributed by atoms with Crippen LogP contribution in [0.3, 0.4) is 0 Å². The van der Waals surface area contributed by atoms with Crippen molar-refractivity contribution in [2.45, 2.75) is 44.1 Å². The van der Waals surface area contributed by atoms with Crippen molar-refractivity contribution < 1.29 is 4.74 Å². The highest BCUT2D eigenvalue weighted by Gasteiger charge is 2.36. The molecule has 3 atom stereocenters. The van der Waals surface area contributed by atoms with Crippen LogP contribution in [0.5, 0.6) is 0 Å². The van der Waals surface area contributed by atoms with E-state index < -0.39 is 0 Å². The third kappa shape index (κ3) is 2.25. The Morgan fingerprint density at radius 1 is 1.11 bits per heavy atom. The van der Waals surface area contributed by atoms with E-state index in [4.69, 9.17) is 4.74 Å². The molecule has 3 heteroatoms. The van der Waals surface area contributed by atoms with Crippen LogP contribution in [0.2, 0.25) is 0 Å². The quantitative estimate of drug-likeness (QED) is 0.868. The average molecular weight is 246 g/mol. The molecule has 2 aliphatic rings. The summed E-state index contributed by atoms with van der Waals surface area (Å²) in [6.45, 7) is 0. The molecule has 0 amide bonds. The Morgan fingerprint density at radius 2 is 1.83 bits per heavy atom. The van der Waals surface area contributed by atoms with E-state index in [1.54, 1.807) is 0 Å². The lowest BCUT2D eigenvalue weighted by molar-refractivity contribution is 0.0247. The third-order valence-corrected chi connectivity index (χ3v) is 4.09. The Bertz CT molecular complexity index is 387. The van der Waals surface area contributed by atoms with Crippen molar-refractivity contribution >= 4 is 5.69 Å². The monoisotopic (exact) mass is 246 g/mol. The van der Waals surface area contributed by atoms with E-state index >= 15 is 0 Å². The van der Waals surface area contributed by atoms with Gasteiger partial charge in [0, 0.05) is 25.8 Å². The predicted molar refractivity (Wildman–Crippen MR) is 73.8 cm³/mol. The number of ether oxygens (including phenoxy) is 1. The predicted octanol–water partition coefficient (Wildman–Crippen LogP) is 2.68. The molecule has 1 unspecified atom stereocenters. The van der Waals surface area contributed by atoms with Crippen LogP contribution in [0.15, 0.2) is 24.3 Å². The molecule has 0 spiro atoms. The molecule has 1 aromatic carbocycles. The van der Waals surface area contributed by atoms with Gasteiger partial charge < -0.3 is 9.64 Å². The minimum absolute atomic E-state index is 0.0920. The smallest absolute Gasteiger partial charge is 0.135 e. The standard InChI is InChI=1S/C15H22N2O/c1-17(2)12-9-7-11(8-10-12)15-16-13-5-3-4-6-14(13)18-15/h7-10,13-16H,3-6H2,1-2H3/t13-,14-,15?/m1/s1. The Kier molecular flexibility index (Phi) is 3.27. The zero-order chi connectivity index (χ0) is 12.5. The zero-order valence-electron chi connectivity index (χ0n) is 11.2. The Hall–Kier alpha value is -1.06. The van der Waals surface area contributed by atoms with Crippen LogP contribution < -0.4 is 10.2 Å². The molecule has 2 fully saturated rings. The van der Waals surface area contributed by atoms with Gasteiger partial charge in [0.25, 0.3) is 0 Å². The fourth-order valence-electron chi connectivity index (χ4n) is 2.98. The molecule has 0 radical (unpaired) electrons. The topological polar surface area (TPSA) is 24.5 Å². The molecule has 1 aliphatic carbocycles. The summed E-state index contributed by atoms with van der Waals surface area (Å²) in [5, 5.41) is 3.62. The molecule has 3 nitrogen and oxygen atoms in total. The number of rotatable bonds is 2. The van der Waals surface area contributed by atoms with Crippen molar-refractivity contribution in [1.29, 1.82) is 0 Å². The minimum atomic E-state index is 0.0920. The van der Waals surface area contributed by atoms with E-state index in [1.165, 1.54) is 36.9 Å². The van der Waals surface area contributed by atoms with Crippen LogP contribution in [0, 0.1) is 0 Å². The molecule has 0 bridgehead atoms. The van der Waals surface area contributed by atoms with Crippen LogP contribution in [0.1, 0.15) is 37.5 Å². The van der Waals surface area contributed by atoms with E-state index in [-0.39, 0.29) is 6.23 Å². The molecule has 98 valence electrons. The molecule has 18 heavy (non-hydrogen) atoms. The lowest BCUT2D eigenvalue weighted by Gasteiger charge is -2.22. The number of hydrogen-bond acceptors (Lipinski definition) is 3. The van der Waals surface area contributed by atoms with Gasteiger partial charge in [0.2, 0.25) is 0 Å². The molecule has 1 saturated heterocycles. The van der Waals surface area contributed by atoms with E-state index in [9.17, 15) is 0 Å². The van der Waals surface area contributed by atoms with E-state index in [2.05, 4.69) is 48.6 Å². The van der Waals surface area contributed by atoms with Crippen molar-refractivity contribution in [2.24, 2.45) is 0 Å². The highest BCUT2D eigenvalue weighted by Crippen LogP contribution is 2.33. The fourth-order valence-corrected chi connectivity index (χ4v) is 2.98. The summed E-state index contributed by atoms with van der Waals surface area (Å²) in [7, 11) is 4.13. The number of fused-ring (bicyclic) bond motifs is 1. The molecular weight excluding hydrogens is 224 g/mol. The van der Waals surface area contributed by atoms with E-state index in [1.807, 2.05) is 0 Å². The van der Waals surface area contributed by atoms with Crippen molar-refractivity contribution in [2.75, 3.05) is 19.0 Å². The second-order valence-electron chi connectivity index (χ2n) is 5.60. The summed E-state index contributed by atoms with van der Waals surface area (Å²) in [5.74, 6) is 0. The van der Waals surface area contributed by atoms with Gasteiger partial charge in [0.05, 0.1) is 6.10 Å². The molecule has 1 saturated carbocycles. The van der Waals surface area contributed by atoms with E-state index in [0.717, 1.165) is 0 Å². The van der Waals surface area contributed by atoms with Crippen molar-refractivity contribution in [3.8, 4) is 0 Å². The molecule has 3 rings (SSSR count). The van der Waals surface area contributed by atoms with Gasteiger partial charge in [0.1, 0.15) is 6.23 Å². The van der Waals surface area contributed by atoms with Crippen LogP contribution in [0.25, 0.3) is 0 Å². The number of nitrogens with zero attached hydrogens (tertiary/aromatic N) is 1. The minimum Gasteiger partial charge on any atom is -0.378 e. The van der Waals surface area contributed by atoms with Crippen molar-refractivity contribution in [1.82, 2.24) is 5.32 Å². The zero-order valence-corrected chi connectivity index (χ0v) is 11.2. The lowest BCUT2D eigenvalue weighted by atomic mass is 9.93. The first-order valence-electron chi connectivity index (χ1n) is 6.93. The summed E-state index contributed by atoms with van der Waals surface area (Å²) in [4.78, 5) is 2.12. The summed E-state index contributed by atoms with van der Waals surface area (Å²) < 4.78 is 6.13. The van der Waals surface area contributed by atoms with Gasteiger partial charge in [-0.05, 0) is 30.5 Å². The highest BCUT2D eigenvalue weighted by molar-refractivity contribution is 5.46. The van der Waals surface area contributed by atoms with E-state index in [0.29, 0.717) is 12.1 Å². The van der Waals surface area contributed by atoms with Crippen LogP contribution in [-0.4, -0.2) is 26.2 Å². The number of hydrogen-bond donors (Lipinski definition) is 1. The van der Waals surface area contributed by atoms with Crippen LogP contribution in [-0.2, 0) is 4.74 Å². The van der Waals surface area contributed by atoms with Gasteiger partial charge in [-0.1, -0.05) is 25.0 Å². The van der Waals surface area contributed by atoms with Crippen LogP contribution in [0.4, 0.5) is 5.69 Å². The highest BCUT2D eigenvalue weighted by atomic mass is 16.5. The first-order chi connectivity index (χ1) is 8.74. The molecular formula is C15H22N2O. The Morgan fingerprint density at radius 3 is 2.50 bits per heavy atom. The van der Waals surface area contributed by atoms with Crippen molar-refractivity contribution in [3.05, 3.63) is 29.8 Å². The van der Waals surface area contributed by atoms with Crippen molar-refractivity contribution in [3.63, 3.8) is 0 Å². The summed E-state index contributed by atoms with van der Waals surface area (Å²) in [6.07, 6.45) is 5.64. The van der Waals surface area contributed by atoms with Gasteiger partial charge in [-0.15, -0.1) is 0 Å². The Balaban J connectivity index is 1.71. The van der Waals surface area contributed by atoms with Gasteiger partial charge in [-0.3, -0.25) is 5.32 Å². The number of anilines is 1. The number of benzene rings is 1. The van der Waals surface area contributed by atoms with Crippen LogP contribution >= 0.6 is 0 Å². The summed E-state index contributed by atoms with van der Waals surface area (Å²) >= 11 is 0. The van der Waals surface area contributed by atoms with Gasteiger partial charge >= 0.3 is 0 Å². The maximum atomic E-state index is 6.13. The average Bonchev–Trinajstić information content (AvgIpc) is 2.82. The summed E-state index contributed by atoms with van der Waals surface area (Å²) in [6, 6.07) is 9.22.